The molecule has 0 rings (SSSR count). The average molecular weight is 247 g/mol. The van der Waals surface area contributed by atoms with E-state index in [0.717, 1.165) is 0 Å². The fourth-order valence-electron chi connectivity index (χ4n) is 0.976. The Morgan fingerprint density at radius 1 is 1.47 bits per heavy atom. The summed E-state index contributed by atoms with van der Waals surface area (Å²) in [6.07, 6.45) is -2.69. The summed E-state index contributed by atoms with van der Waals surface area (Å²) in [5.74, 6) is 0.485. The molecule has 2 atom stereocenters. The Morgan fingerprint density at radius 3 is 2.53 bits per heavy atom. The summed E-state index contributed by atoms with van der Waals surface area (Å²) >= 11 is 0. The van der Waals surface area contributed by atoms with Crippen LogP contribution in [0.3, 0.4) is 0 Å². The molecule has 0 spiro atoms. The Kier molecular flexibility index (Phi) is 7.12. The van der Waals surface area contributed by atoms with Crippen molar-refractivity contribution in [3.05, 3.63) is 0 Å². The normalized spacial score (nSPS) is 16.3. The van der Waals surface area contributed by atoms with E-state index in [1.165, 1.54) is 0 Å². The molecule has 0 aliphatic heterocycles. The number of halogens is 3. The van der Waals surface area contributed by atoms with Gasteiger partial charge in [0.2, 0.25) is 0 Å². The predicted molar refractivity (Wildman–Crippen MR) is 53.3 cm³/mol. The van der Waals surface area contributed by atoms with Crippen LogP contribution in [0.5, 0.6) is 0 Å². The van der Waals surface area contributed by atoms with E-state index in [-0.39, 0.29) is 12.6 Å². The fraction of sp³-hybridized carbons (Fsp3) is 1.00. The van der Waals surface area contributed by atoms with Gasteiger partial charge in [0.05, 0.1) is 6.61 Å². The molecule has 0 radical (unpaired) electrons. The third-order valence-corrected chi connectivity index (χ3v) is 2.46. The van der Waals surface area contributed by atoms with Gasteiger partial charge < -0.3 is 10.1 Å². The van der Waals surface area contributed by atoms with E-state index in [1.54, 1.807) is 6.26 Å². The van der Waals surface area contributed by atoms with Crippen LogP contribution in [-0.2, 0) is 15.5 Å². The molecule has 0 aliphatic rings. The molecule has 0 aromatic carbocycles. The average Bonchev–Trinajstić information content (AvgIpc) is 1.99. The maximum Gasteiger partial charge on any atom is 0.411 e. The lowest BCUT2D eigenvalue weighted by Crippen LogP contribution is -2.34. The Balaban J connectivity index is 3.35. The zero-order valence-corrected chi connectivity index (χ0v) is 9.58. The van der Waals surface area contributed by atoms with Gasteiger partial charge in [-0.25, -0.2) is 0 Å². The third kappa shape index (κ3) is 11.8. The molecule has 3 nitrogen and oxygen atoms in total. The molecule has 0 aliphatic carbocycles. The Morgan fingerprint density at radius 2 is 2.07 bits per heavy atom. The van der Waals surface area contributed by atoms with Crippen molar-refractivity contribution in [3.63, 3.8) is 0 Å². The van der Waals surface area contributed by atoms with Crippen molar-refractivity contribution >= 4 is 10.8 Å². The Labute approximate surface area is 89.8 Å². The van der Waals surface area contributed by atoms with Crippen LogP contribution in [0.25, 0.3) is 0 Å². The van der Waals surface area contributed by atoms with Crippen LogP contribution < -0.4 is 5.32 Å². The second-order valence-corrected chi connectivity index (χ2v) is 4.74. The minimum absolute atomic E-state index is 0.000198. The van der Waals surface area contributed by atoms with E-state index in [9.17, 15) is 17.4 Å². The molecule has 0 saturated heterocycles. The van der Waals surface area contributed by atoms with Gasteiger partial charge in [-0.2, -0.15) is 13.2 Å². The van der Waals surface area contributed by atoms with Gasteiger partial charge in [-0.3, -0.25) is 4.21 Å². The first-order valence-corrected chi connectivity index (χ1v) is 6.22. The van der Waals surface area contributed by atoms with Crippen molar-refractivity contribution in [2.24, 2.45) is 0 Å². The largest absolute Gasteiger partial charge is 0.411 e. The minimum atomic E-state index is -4.27. The lowest BCUT2D eigenvalue weighted by molar-refractivity contribution is -0.173. The van der Waals surface area contributed by atoms with Crippen LogP contribution in [0.15, 0.2) is 0 Å². The van der Waals surface area contributed by atoms with Crippen molar-refractivity contribution in [2.45, 2.75) is 19.1 Å². The van der Waals surface area contributed by atoms with Crippen molar-refractivity contribution in [3.8, 4) is 0 Å². The monoisotopic (exact) mass is 247 g/mol. The Bertz CT molecular complexity index is 199. The zero-order valence-electron chi connectivity index (χ0n) is 8.76. The third-order valence-electron chi connectivity index (χ3n) is 1.49. The summed E-state index contributed by atoms with van der Waals surface area (Å²) in [7, 11) is -0.900. The van der Waals surface area contributed by atoms with Gasteiger partial charge >= 0.3 is 6.18 Å². The highest BCUT2D eigenvalue weighted by atomic mass is 32.2. The van der Waals surface area contributed by atoms with Gasteiger partial charge in [0, 0.05) is 35.4 Å². The van der Waals surface area contributed by atoms with Crippen molar-refractivity contribution in [1.82, 2.24) is 5.32 Å². The maximum absolute atomic E-state index is 11.6. The van der Waals surface area contributed by atoms with Gasteiger partial charge in [-0.1, -0.05) is 0 Å². The summed E-state index contributed by atoms with van der Waals surface area (Å²) in [5, 5.41) is 2.91. The van der Waals surface area contributed by atoms with Crippen LogP contribution in [0.1, 0.15) is 6.92 Å². The summed E-state index contributed by atoms with van der Waals surface area (Å²) in [6, 6.07) is 0.0188. The van der Waals surface area contributed by atoms with E-state index in [0.29, 0.717) is 12.3 Å². The van der Waals surface area contributed by atoms with Crippen molar-refractivity contribution in [1.29, 1.82) is 0 Å². The number of ether oxygens (including phenoxy) is 1. The lowest BCUT2D eigenvalue weighted by Gasteiger charge is -2.12. The fourth-order valence-corrected chi connectivity index (χ4v) is 1.80. The van der Waals surface area contributed by atoms with Gasteiger partial charge in [0.25, 0.3) is 0 Å². The molecule has 92 valence electrons. The summed E-state index contributed by atoms with van der Waals surface area (Å²) in [6.45, 7) is 0.933. The van der Waals surface area contributed by atoms with E-state index in [1.807, 2.05) is 6.92 Å². The second kappa shape index (κ2) is 7.19. The van der Waals surface area contributed by atoms with Crippen LogP contribution in [0, 0.1) is 0 Å². The summed E-state index contributed by atoms with van der Waals surface area (Å²) in [5.41, 5.74) is 0. The SMILES string of the molecule is CC(CS(C)=O)NCCOCC(F)(F)F. The lowest BCUT2D eigenvalue weighted by atomic mass is 10.4. The van der Waals surface area contributed by atoms with E-state index >= 15 is 0 Å². The van der Waals surface area contributed by atoms with E-state index in [4.69, 9.17) is 0 Å². The molecule has 1 N–H and O–H groups in total. The summed E-state index contributed by atoms with van der Waals surface area (Å²) < 4.78 is 50.0. The molecular weight excluding hydrogens is 231 g/mol. The number of hydrogen-bond donors (Lipinski definition) is 1. The van der Waals surface area contributed by atoms with Gasteiger partial charge in [0.15, 0.2) is 0 Å². The highest BCUT2D eigenvalue weighted by Gasteiger charge is 2.27. The molecule has 0 heterocycles. The number of rotatable bonds is 7. The molecule has 15 heavy (non-hydrogen) atoms. The first-order valence-electron chi connectivity index (χ1n) is 4.49. The number of alkyl halides is 3. The number of nitrogens with one attached hydrogen (secondary N) is 1. The predicted octanol–water partition coefficient (Wildman–Crippen LogP) is 0.922. The second-order valence-electron chi connectivity index (χ2n) is 3.26. The minimum Gasteiger partial charge on any atom is -0.371 e. The standard InChI is InChI=1S/C8H16F3NO2S/c1-7(5-15(2)13)12-3-4-14-6-8(9,10)11/h7,12H,3-6H2,1-2H3. The topological polar surface area (TPSA) is 38.3 Å². The Hall–Kier alpha value is -0.140. The van der Waals surface area contributed by atoms with E-state index < -0.39 is 23.6 Å². The highest BCUT2D eigenvalue weighted by Crippen LogP contribution is 2.13. The van der Waals surface area contributed by atoms with Gasteiger partial charge in [-0.15, -0.1) is 0 Å². The van der Waals surface area contributed by atoms with Crippen LogP contribution in [0.4, 0.5) is 13.2 Å². The quantitative estimate of drug-likeness (QED) is 0.680. The zero-order chi connectivity index (χ0) is 11.9. The van der Waals surface area contributed by atoms with Crippen LogP contribution >= 0.6 is 0 Å². The first-order chi connectivity index (χ1) is 6.81. The van der Waals surface area contributed by atoms with Crippen molar-refractivity contribution in [2.75, 3.05) is 31.8 Å². The van der Waals surface area contributed by atoms with Gasteiger partial charge in [-0.05, 0) is 6.92 Å². The summed E-state index contributed by atoms with van der Waals surface area (Å²) in [4.78, 5) is 0. The van der Waals surface area contributed by atoms with Crippen molar-refractivity contribution < 1.29 is 22.1 Å². The first kappa shape index (κ1) is 14.9. The molecule has 0 aromatic rings. The van der Waals surface area contributed by atoms with E-state index in [2.05, 4.69) is 10.1 Å². The van der Waals surface area contributed by atoms with Crippen LogP contribution in [-0.4, -0.2) is 48.2 Å². The molecule has 0 fully saturated rings. The number of hydrogen-bond acceptors (Lipinski definition) is 3. The molecule has 0 aromatic heterocycles. The maximum atomic E-state index is 11.6. The molecule has 0 bridgehead atoms. The van der Waals surface area contributed by atoms with Gasteiger partial charge in [0.1, 0.15) is 6.61 Å². The molecule has 7 heteroatoms. The highest BCUT2D eigenvalue weighted by molar-refractivity contribution is 7.84. The van der Waals surface area contributed by atoms with Crippen LogP contribution in [0.2, 0.25) is 0 Å². The molecule has 0 amide bonds. The molecular formula is C8H16F3NO2S. The molecule has 0 saturated carbocycles. The molecule has 2 unspecified atom stereocenters. The smallest absolute Gasteiger partial charge is 0.371 e.